The maximum Gasteiger partial charge on any atom is 0.270 e. The highest BCUT2D eigenvalue weighted by Gasteiger charge is 2.24. The third-order valence-corrected chi connectivity index (χ3v) is 4.91. The van der Waals surface area contributed by atoms with Crippen LogP contribution in [0.2, 0.25) is 0 Å². The van der Waals surface area contributed by atoms with E-state index in [4.69, 9.17) is 0 Å². The molecule has 0 unspecified atom stereocenters. The molecule has 0 aliphatic carbocycles. The van der Waals surface area contributed by atoms with Gasteiger partial charge in [0.15, 0.2) is 0 Å². The molecule has 0 fully saturated rings. The second kappa shape index (κ2) is 5.53. The van der Waals surface area contributed by atoms with Crippen LogP contribution in [-0.2, 0) is 10.0 Å². The Balaban J connectivity index is 2.50. The second-order valence-corrected chi connectivity index (χ2v) is 6.48. The SMILES string of the molecule is Cc1ccccc1N(C)S(=O)(=O)c1cccc([N+](=O)[O-])c1. The Morgan fingerprint density at radius 2 is 1.76 bits per heavy atom. The minimum atomic E-state index is -3.84. The molecule has 2 rings (SSSR count). The van der Waals surface area contributed by atoms with Crippen LogP contribution in [-0.4, -0.2) is 20.4 Å². The van der Waals surface area contributed by atoms with E-state index in [1.54, 1.807) is 25.1 Å². The van der Waals surface area contributed by atoms with Crippen LogP contribution in [0, 0.1) is 17.0 Å². The quantitative estimate of drug-likeness (QED) is 0.642. The summed E-state index contributed by atoms with van der Waals surface area (Å²) in [5, 5.41) is 10.8. The van der Waals surface area contributed by atoms with E-state index in [2.05, 4.69) is 0 Å². The van der Waals surface area contributed by atoms with E-state index in [1.807, 2.05) is 6.07 Å². The van der Waals surface area contributed by atoms with Gasteiger partial charge < -0.3 is 0 Å². The molecule has 0 saturated carbocycles. The van der Waals surface area contributed by atoms with E-state index in [1.165, 1.54) is 25.2 Å². The predicted octanol–water partition coefficient (Wildman–Crippen LogP) is 2.73. The van der Waals surface area contributed by atoms with Gasteiger partial charge in [-0.3, -0.25) is 14.4 Å². The Morgan fingerprint density at radius 3 is 2.38 bits per heavy atom. The molecule has 0 bridgehead atoms. The van der Waals surface area contributed by atoms with Crippen molar-refractivity contribution in [2.24, 2.45) is 0 Å². The number of benzene rings is 2. The number of nitro groups is 1. The van der Waals surface area contributed by atoms with Crippen molar-refractivity contribution in [3.63, 3.8) is 0 Å². The average molecular weight is 306 g/mol. The summed E-state index contributed by atoms with van der Waals surface area (Å²) < 4.78 is 26.3. The normalized spacial score (nSPS) is 11.1. The summed E-state index contributed by atoms with van der Waals surface area (Å²) in [4.78, 5) is 10.0. The zero-order valence-electron chi connectivity index (χ0n) is 11.6. The Kier molecular flexibility index (Phi) is 3.95. The van der Waals surface area contributed by atoms with Gasteiger partial charge in [-0.25, -0.2) is 8.42 Å². The van der Waals surface area contributed by atoms with Crippen molar-refractivity contribution >= 4 is 21.4 Å². The number of para-hydroxylation sites is 1. The number of non-ortho nitro benzene ring substituents is 1. The summed E-state index contributed by atoms with van der Waals surface area (Å²) in [5.41, 5.74) is 1.08. The molecule has 0 aromatic heterocycles. The van der Waals surface area contributed by atoms with Gasteiger partial charge in [0.2, 0.25) is 0 Å². The fourth-order valence-corrected chi connectivity index (χ4v) is 3.26. The smallest absolute Gasteiger partial charge is 0.269 e. The Hall–Kier alpha value is -2.41. The Labute approximate surface area is 122 Å². The van der Waals surface area contributed by atoms with E-state index >= 15 is 0 Å². The molecule has 0 amide bonds. The van der Waals surface area contributed by atoms with Gasteiger partial charge in [-0.1, -0.05) is 24.3 Å². The Bertz CT molecular complexity index is 787. The summed E-state index contributed by atoms with van der Waals surface area (Å²) in [5.74, 6) is 0. The molecule has 6 nitrogen and oxygen atoms in total. The van der Waals surface area contributed by atoms with E-state index in [0.29, 0.717) is 5.69 Å². The largest absolute Gasteiger partial charge is 0.270 e. The van der Waals surface area contributed by atoms with Crippen LogP contribution in [0.3, 0.4) is 0 Å². The fourth-order valence-electron chi connectivity index (χ4n) is 1.96. The number of aryl methyl sites for hydroxylation is 1. The number of nitro benzene ring substituents is 1. The van der Waals surface area contributed by atoms with Crippen LogP contribution in [0.4, 0.5) is 11.4 Å². The molecule has 0 N–H and O–H groups in total. The summed E-state index contributed by atoms with van der Waals surface area (Å²) in [7, 11) is -2.41. The van der Waals surface area contributed by atoms with E-state index < -0.39 is 14.9 Å². The van der Waals surface area contributed by atoms with Gasteiger partial charge in [0.1, 0.15) is 0 Å². The minimum absolute atomic E-state index is 0.109. The molecule has 0 heterocycles. The number of anilines is 1. The van der Waals surface area contributed by atoms with Crippen LogP contribution in [0.25, 0.3) is 0 Å². The number of hydrogen-bond donors (Lipinski definition) is 0. The van der Waals surface area contributed by atoms with Crippen molar-refractivity contribution in [2.45, 2.75) is 11.8 Å². The fraction of sp³-hybridized carbons (Fsp3) is 0.143. The van der Waals surface area contributed by atoms with Crippen LogP contribution in [0.5, 0.6) is 0 Å². The first-order valence-electron chi connectivity index (χ1n) is 6.13. The van der Waals surface area contributed by atoms with E-state index in [9.17, 15) is 18.5 Å². The van der Waals surface area contributed by atoms with Crippen LogP contribution >= 0.6 is 0 Å². The number of nitrogens with zero attached hydrogens (tertiary/aromatic N) is 2. The minimum Gasteiger partial charge on any atom is -0.269 e. The van der Waals surface area contributed by atoms with Gasteiger partial charge in [-0.15, -0.1) is 0 Å². The number of sulfonamides is 1. The van der Waals surface area contributed by atoms with Crippen molar-refractivity contribution in [2.75, 3.05) is 11.4 Å². The third kappa shape index (κ3) is 2.87. The zero-order valence-corrected chi connectivity index (χ0v) is 12.4. The predicted molar refractivity (Wildman–Crippen MR) is 79.9 cm³/mol. The molecular weight excluding hydrogens is 292 g/mol. The molecule has 0 radical (unpaired) electrons. The van der Waals surface area contributed by atoms with Crippen molar-refractivity contribution in [3.8, 4) is 0 Å². The lowest BCUT2D eigenvalue weighted by molar-refractivity contribution is -0.385. The summed E-state index contributed by atoms with van der Waals surface area (Å²) in [6, 6.07) is 12.1. The van der Waals surface area contributed by atoms with Gasteiger partial charge in [0, 0.05) is 19.2 Å². The Morgan fingerprint density at radius 1 is 1.10 bits per heavy atom. The molecule has 0 aliphatic rings. The second-order valence-electron chi connectivity index (χ2n) is 4.51. The first-order valence-corrected chi connectivity index (χ1v) is 7.57. The standard InChI is InChI=1S/C14H14N2O4S/c1-11-6-3-4-9-14(11)15(2)21(19,20)13-8-5-7-12(10-13)16(17)18/h3-10H,1-2H3. The third-order valence-electron chi connectivity index (χ3n) is 3.14. The molecule has 110 valence electrons. The molecule has 0 aliphatic heterocycles. The lowest BCUT2D eigenvalue weighted by Gasteiger charge is -2.21. The summed E-state index contributed by atoms with van der Waals surface area (Å²) >= 11 is 0. The average Bonchev–Trinajstić information content (AvgIpc) is 2.47. The zero-order chi connectivity index (χ0) is 15.6. The highest BCUT2D eigenvalue weighted by atomic mass is 32.2. The van der Waals surface area contributed by atoms with Gasteiger partial charge in [-0.05, 0) is 24.6 Å². The summed E-state index contributed by atoms with van der Waals surface area (Å²) in [6.45, 7) is 1.80. The van der Waals surface area contributed by atoms with Crippen LogP contribution in [0.15, 0.2) is 53.4 Å². The maximum absolute atomic E-state index is 12.6. The van der Waals surface area contributed by atoms with Crippen molar-refractivity contribution < 1.29 is 13.3 Å². The molecule has 2 aromatic rings. The first kappa shape index (κ1) is 15.0. The van der Waals surface area contributed by atoms with Crippen molar-refractivity contribution in [3.05, 3.63) is 64.2 Å². The van der Waals surface area contributed by atoms with E-state index in [0.717, 1.165) is 15.9 Å². The number of hydrogen-bond acceptors (Lipinski definition) is 4. The van der Waals surface area contributed by atoms with E-state index in [-0.39, 0.29) is 10.6 Å². The van der Waals surface area contributed by atoms with Crippen molar-refractivity contribution in [1.29, 1.82) is 0 Å². The monoisotopic (exact) mass is 306 g/mol. The molecule has 0 spiro atoms. The lowest BCUT2D eigenvalue weighted by Crippen LogP contribution is -2.27. The van der Waals surface area contributed by atoms with Crippen LogP contribution < -0.4 is 4.31 Å². The molecule has 0 saturated heterocycles. The van der Waals surface area contributed by atoms with Crippen LogP contribution in [0.1, 0.15) is 5.56 Å². The van der Waals surface area contributed by atoms with Crippen molar-refractivity contribution in [1.82, 2.24) is 0 Å². The van der Waals surface area contributed by atoms with Gasteiger partial charge >= 0.3 is 0 Å². The molecule has 0 atom stereocenters. The van der Waals surface area contributed by atoms with Gasteiger partial charge in [0.05, 0.1) is 15.5 Å². The topological polar surface area (TPSA) is 80.5 Å². The number of rotatable bonds is 4. The molecule has 7 heteroatoms. The molecular formula is C14H14N2O4S. The molecule has 21 heavy (non-hydrogen) atoms. The first-order chi connectivity index (χ1) is 9.84. The molecule has 2 aromatic carbocycles. The summed E-state index contributed by atoms with van der Waals surface area (Å²) in [6.07, 6.45) is 0. The highest BCUT2D eigenvalue weighted by Crippen LogP contribution is 2.26. The van der Waals surface area contributed by atoms with Gasteiger partial charge in [0.25, 0.3) is 15.7 Å². The highest BCUT2D eigenvalue weighted by molar-refractivity contribution is 7.92. The maximum atomic E-state index is 12.6. The lowest BCUT2D eigenvalue weighted by atomic mass is 10.2. The van der Waals surface area contributed by atoms with Gasteiger partial charge in [-0.2, -0.15) is 0 Å².